The van der Waals surface area contributed by atoms with E-state index in [1.807, 2.05) is 56.3 Å². The fourth-order valence-electron chi connectivity index (χ4n) is 2.54. The molecular formula is C21H21BrN2O3S. The van der Waals surface area contributed by atoms with Crippen LogP contribution in [0.5, 0.6) is 11.5 Å². The summed E-state index contributed by atoms with van der Waals surface area (Å²) >= 11 is 4.84. The maximum Gasteiger partial charge on any atom is 0.264 e. The highest BCUT2D eigenvalue weighted by atomic mass is 79.9. The molecule has 1 N–H and O–H groups in total. The Morgan fingerprint density at radius 2 is 2.00 bits per heavy atom. The molecule has 1 heterocycles. The maximum atomic E-state index is 12.3. The molecule has 1 fully saturated rings. The lowest BCUT2D eigenvalue weighted by Crippen LogP contribution is -2.19. The van der Waals surface area contributed by atoms with Crippen molar-refractivity contribution in [1.82, 2.24) is 5.32 Å². The van der Waals surface area contributed by atoms with Crippen molar-refractivity contribution >= 4 is 50.5 Å². The number of nitrogens with one attached hydrogen (secondary N) is 1. The number of hydrogen-bond acceptors (Lipinski definition) is 5. The number of carbonyl (C=O) groups is 1. The first kappa shape index (κ1) is 20.5. The summed E-state index contributed by atoms with van der Waals surface area (Å²) in [7, 11) is 1.60. The van der Waals surface area contributed by atoms with Gasteiger partial charge in [-0.05, 0) is 76.9 Å². The van der Waals surface area contributed by atoms with E-state index in [0.717, 1.165) is 22.1 Å². The molecule has 2 aromatic carbocycles. The topological polar surface area (TPSA) is 59.9 Å². The number of amides is 1. The van der Waals surface area contributed by atoms with Crippen LogP contribution in [0, 0.1) is 6.92 Å². The van der Waals surface area contributed by atoms with Gasteiger partial charge in [-0.15, -0.1) is 0 Å². The standard InChI is InChI=1S/C21H21BrN2O3S/c1-4-9-27-19-16(22)10-14(11-17(19)26-3)12-18-20(25)24-21(28-18)23-15-7-5-13(2)6-8-15/h5-8,10-12H,4,9H2,1-3H3,(H,23,24,25)/b18-12-. The van der Waals surface area contributed by atoms with Gasteiger partial charge < -0.3 is 14.8 Å². The molecule has 0 spiro atoms. The van der Waals surface area contributed by atoms with Crippen LogP contribution in [0.15, 0.2) is 50.8 Å². The minimum absolute atomic E-state index is 0.169. The van der Waals surface area contributed by atoms with Gasteiger partial charge in [0.1, 0.15) is 0 Å². The predicted molar refractivity (Wildman–Crippen MR) is 118 cm³/mol. The number of methoxy groups -OCH3 is 1. The summed E-state index contributed by atoms with van der Waals surface area (Å²) in [4.78, 5) is 17.4. The van der Waals surface area contributed by atoms with Crippen molar-refractivity contribution in [1.29, 1.82) is 0 Å². The zero-order valence-corrected chi connectivity index (χ0v) is 18.3. The summed E-state index contributed by atoms with van der Waals surface area (Å²) in [5.74, 6) is 1.11. The van der Waals surface area contributed by atoms with Crippen molar-refractivity contribution in [2.75, 3.05) is 13.7 Å². The van der Waals surface area contributed by atoms with Gasteiger partial charge in [-0.2, -0.15) is 0 Å². The van der Waals surface area contributed by atoms with Crippen molar-refractivity contribution in [3.63, 3.8) is 0 Å². The molecule has 1 saturated heterocycles. The number of nitrogens with zero attached hydrogens (tertiary/aromatic N) is 1. The van der Waals surface area contributed by atoms with E-state index in [4.69, 9.17) is 9.47 Å². The Labute approximate surface area is 177 Å². The number of benzene rings is 2. The lowest BCUT2D eigenvalue weighted by atomic mass is 10.2. The lowest BCUT2D eigenvalue weighted by Gasteiger charge is -2.13. The highest BCUT2D eigenvalue weighted by Gasteiger charge is 2.24. The van der Waals surface area contributed by atoms with Gasteiger partial charge in [0.25, 0.3) is 5.91 Å². The van der Waals surface area contributed by atoms with E-state index >= 15 is 0 Å². The van der Waals surface area contributed by atoms with Crippen LogP contribution in [0.1, 0.15) is 24.5 Å². The monoisotopic (exact) mass is 460 g/mol. The van der Waals surface area contributed by atoms with Gasteiger partial charge in [0, 0.05) is 0 Å². The molecule has 0 aromatic heterocycles. The summed E-state index contributed by atoms with van der Waals surface area (Å²) in [5, 5.41) is 3.37. The third-order valence-corrected chi connectivity index (χ3v) is 5.41. The van der Waals surface area contributed by atoms with E-state index in [9.17, 15) is 4.79 Å². The Balaban J connectivity index is 1.84. The minimum Gasteiger partial charge on any atom is -0.493 e. The molecule has 146 valence electrons. The van der Waals surface area contributed by atoms with Gasteiger partial charge in [0.05, 0.1) is 28.8 Å². The molecule has 0 saturated carbocycles. The van der Waals surface area contributed by atoms with Crippen molar-refractivity contribution in [2.45, 2.75) is 20.3 Å². The normalized spacial score (nSPS) is 16.5. The van der Waals surface area contributed by atoms with Crippen LogP contribution in [0.3, 0.4) is 0 Å². The van der Waals surface area contributed by atoms with E-state index in [1.165, 1.54) is 17.3 Å². The van der Waals surface area contributed by atoms with Crippen LogP contribution in [0.2, 0.25) is 0 Å². The molecular weight excluding hydrogens is 440 g/mol. The number of aryl methyl sites for hydroxylation is 1. The van der Waals surface area contributed by atoms with Crippen LogP contribution >= 0.6 is 27.7 Å². The average molecular weight is 461 g/mol. The second-order valence-corrected chi connectivity index (χ2v) is 8.08. The van der Waals surface area contributed by atoms with Crippen molar-refractivity contribution < 1.29 is 14.3 Å². The van der Waals surface area contributed by atoms with Gasteiger partial charge in [0.2, 0.25) is 0 Å². The van der Waals surface area contributed by atoms with E-state index in [-0.39, 0.29) is 5.91 Å². The predicted octanol–water partition coefficient (Wildman–Crippen LogP) is 5.45. The summed E-state index contributed by atoms with van der Waals surface area (Å²) in [6.45, 7) is 4.67. The smallest absolute Gasteiger partial charge is 0.264 e. The van der Waals surface area contributed by atoms with Gasteiger partial charge in [0.15, 0.2) is 16.7 Å². The van der Waals surface area contributed by atoms with Crippen molar-refractivity contribution in [2.24, 2.45) is 4.99 Å². The third-order valence-electron chi connectivity index (χ3n) is 3.92. The Kier molecular flexibility index (Phi) is 6.80. The molecule has 5 nitrogen and oxygen atoms in total. The summed E-state index contributed by atoms with van der Waals surface area (Å²) in [6.07, 6.45) is 2.72. The lowest BCUT2D eigenvalue weighted by molar-refractivity contribution is -0.115. The molecule has 0 unspecified atom stereocenters. The molecule has 7 heteroatoms. The van der Waals surface area contributed by atoms with Crippen LogP contribution < -0.4 is 14.8 Å². The molecule has 2 aromatic rings. The van der Waals surface area contributed by atoms with E-state index in [2.05, 4.69) is 26.2 Å². The Bertz CT molecular complexity index is 939. The second kappa shape index (κ2) is 9.30. The van der Waals surface area contributed by atoms with Gasteiger partial charge in [-0.25, -0.2) is 4.99 Å². The molecule has 1 aliphatic heterocycles. The molecule has 28 heavy (non-hydrogen) atoms. The molecule has 3 rings (SSSR count). The fraction of sp³-hybridized carbons (Fsp3) is 0.238. The molecule has 1 amide bonds. The van der Waals surface area contributed by atoms with Crippen molar-refractivity contribution in [3.05, 3.63) is 56.9 Å². The van der Waals surface area contributed by atoms with E-state index in [0.29, 0.717) is 28.2 Å². The summed E-state index contributed by atoms with van der Waals surface area (Å²) in [5.41, 5.74) is 2.80. The van der Waals surface area contributed by atoms with Gasteiger partial charge in [-0.1, -0.05) is 24.6 Å². The van der Waals surface area contributed by atoms with Gasteiger partial charge >= 0.3 is 0 Å². The maximum absolute atomic E-state index is 12.3. The zero-order chi connectivity index (χ0) is 20.1. The Morgan fingerprint density at radius 1 is 1.25 bits per heavy atom. The van der Waals surface area contributed by atoms with Crippen molar-refractivity contribution in [3.8, 4) is 11.5 Å². The first-order chi connectivity index (χ1) is 13.5. The summed E-state index contributed by atoms with van der Waals surface area (Å²) in [6, 6.07) is 11.6. The zero-order valence-electron chi connectivity index (χ0n) is 15.9. The quantitative estimate of drug-likeness (QED) is 0.582. The SMILES string of the molecule is CCCOc1c(Br)cc(/C=C2\SC(=Nc3ccc(C)cc3)NC2=O)cc1OC. The van der Waals surface area contributed by atoms with Crippen LogP contribution in [-0.2, 0) is 4.79 Å². The van der Waals surface area contributed by atoms with Crippen LogP contribution in [-0.4, -0.2) is 24.8 Å². The molecule has 0 radical (unpaired) electrons. The number of halogens is 1. The number of hydrogen-bond donors (Lipinski definition) is 1. The first-order valence-corrected chi connectivity index (χ1v) is 10.5. The molecule has 0 bridgehead atoms. The third kappa shape index (κ3) is 4.97. The highest BCUT2D eigenvalue weighted by Crippen LogP contribution is 2.38. The largest absolute Gasteiger partial charge is 0.493 e. The summed E-state index contributed by atoms with van der Waals surface area (Å²) < 4.78 is 12.0. The number of carbonyl (C=O) groups excluding carboxylic acids is 1. The van der Waals surface area contributed by atoms with Crippen LogP contribution in [0.4, 0.5) is 5.69 Å². The van der Waals surface area contributed by atoms with Crippen LogP contribution in [0.25, 0.3) is 6.08 Å². The molecule has 0 aliphatic carbocycles. The first-order valence-electron chi connectivity index (χ1n) is 8.86. The molecule has 0 atom stereocenters. The number of thioether (sulfide) groups is 1. The molecule has 1 aliphatic rings. The van der Waals surface area contributed by atoms with E-state index in [1.54, 1.807) is 7.11 Å². The van der Waals surface area contributed by atoms with E-state index < -0.39 is 0 Å². The number of rotatable bonds is 6. The number of amidine groups is 1. The number of aliphatic imine (C=N–C) groups is 1. The highest BCUT2D eigenvalue weighted by molar-refractivity contribution is 9.10. The fourth-order valence-corrected chi connectivity index (χ4v) is 3.95. The van der Waals surface area contributed by atoms with Gasteiger partial charge in [-0.3, -0.25) is 4.79 Å². The average Bonchev–Trinajstić information content (AvgIpc) is 3.01. The Hall–Kier alpha value is -2.25. The minimum atomic E-state index is -0.169. The second-order valence-electron chi connectivity index (χ2n) is 6.20. The number of ether oxygens (including phenoxy) is 2. The Morgan fingerprint density at radius 3 is 2.68 bits per heavy atom.